The average molecular weight is 480 g/mol. The lowest BCUT2D eigenvalue weighted by molar-refractivity contribution is -0.162. The van der Waals surface area contributed by atoms with Crippen molar-refractivity contribution in [3.05, 3.63) is 29.8 Å². The molecule has 2 heterocycles. The Kier molecular flexibility index (Phi) is 6.28. The van der Waals surface area contributed by atoms with Gasteiger partial charge in [-0.2, -0.15) is 0 Å². The van der Waals surface area contributed by atoms with Gasteiger partial charge in [0.05, 0.1) is 12.0 Å². The highest BCUT2D eigenvalue weighted by Crippen LogP contribution is 2.60. The smallest absolute Gasteiger partial charge is 0.245 e. The van der Waals surface area contributed by atoms with Gasteiger partial charge in [0, 0.05) is 39.3 Å². The highest BCUT2D eigenvalue weighted by molar-refractivity contribution is 5.91. The third kappa shape index (κ3) is 4.47. The molecular formula is C29H41N3O3. The molecule has 4 saturated carbocycles. The molecule has 0 spiro atoms. The minimum absolute atomic E-state index is 0.145. The van der Waals surface area contributed by atoms with E-state index >= 15 is 0 Å². The quantitative estimate of drug-likeness (QED) is 0.620. The third-order valence-corrected chi connectivity index (χ3v) is 9.62. The fraction of sp³-hybridized carbons (Fsp3) is 0.724. The number of carbonyl (C=O) groups excluding carboxylic acids is 2. The lowest BCUT2D eigenvalue weighted by Gasteiger charge is -2.56. The van der Waals surface area contributed by atoms with E-state index < -0.39 is 0 Å². The SMILES string of the molecule is CCOc1ccc(CN2CCN(C(=O)C3CCCN3C(=O)C34CC5CC(CC(C5)C3)C4)CC2)cc1. The van der Waals surface area contributed by atoms with Crippen molar-refractivity contribution in [2.45, 2.75) is 70.9 Å². The number of nitrogens with zero attached hydrogens (tertiary/aromatic N) is 3. The van der Waals surface area contributed by atoms with Crippen molar-refractivity contribution in [1.29, 1.82) is 0 Å². The number of likely N-dealkylation sites (tertiary alicyclic amines) is 1. The van der Waals surface area contributed by atoms with Crippen LogP contribution in [0.1, 0.15) is 63.9 Å². The number of benzene rings is 1. The van der Waals surface area contributed by atoms with Gasteiger partial charge in [-0.25, -0.2) is 0 Å². The molecule has 0 radical (unpaired) electrons. The Balaban J connectivity index is 1.05. The van der Waals surface area contributed by atoms with E-state index in [0.717, 1.165) is 94.9 Å². The van der Waals surface area contributed by atoms with Crippen LogP contribution in [0.3, 0.4) is 0 Å². The van der Waals surface area contributed by atoms with E-state index in [1.807, 2.05) is 28.9 Å². The molecule has 4 aliphatic carbocycles. The van der Waals surface area contributed by atoms with Gasteiger partial charge in [0.2, 0.25) is 11.8 Å². The summed E-state index contributed by atoms with van der Waals surface area (Å²) in [7, 11) is 0. The third-order valence-electron chi connectivity index (χ3n) is 9.62. The standard InChI is InChI=1S/C29H41N3O3/c1-2-35-25-7-5-21(6-8-25)20-30-10-12-31(13-11-30)27(33)26-4-3-9-32(26)28(34)29-17-22-14-23(18-29)16-24(15-22)19-29/h5-8,22-24,26H,2-4,9-20H2,1H3. The molecule has 0 N–H and O–H groups in total. The first-order valence-corrected chi connectivity index (χ1v) is 14.1. The minimum atomic E-state index is -0.229. The Morgan fingerprint density at radius 1 is 0.914 bits per heavy atom. The topological polar surface area (TPSA) is 53.1 Å². The van der Waals surface area contributed by atoms with Crippen LogP contribution in [0.5, 0.6) is 5.75 Å². The van der Waals surface area contributed by atoms with Crippen LogP contribution in [-0.4, -0.2) is 71.9 Å². The highest BCUT2D eigenvalue weighted by Gasteiger charge is 2.57. The van der Waals surface area contributed by atoms with Gasteiger partial charge in [0.1, 0.15) is 11.8 Å². The summed E-state index contributed by atoms with van der Waals surface area (Å²) in [5.41, 5.74) is 1.13. The van der Waals surface area contributed by atoms with Crippen molar-refractivity contribution in [3.8, 4) is 5.75 Å². The first-order chi connectivity index (χ1) is 17.0. The number of ether oxygens (including phenoxy) is 1. The second-order valence-electron chi connectivity index (χ2n) is 12.0. The average Bonchev–Trinajstić information content (AvgIpc) is 3.34. The van der Waals surface area contributed by atoms with Crippen LogP contribution in [0.2, 0.25) is 0 Å². The summed E-state index contributed by atoms with van der Waals surface area (Å²) in [5, 5.41) is 0. The van der Waals surface area contributed by atoms with Gasteiger partial charge in [0.15, 0.2) is 0 Å². The second kappa shape index (κ2) is 9.42. The highest BCUT2D eigenvalue weighted by atomic mass is 16.5. The summed E-state index contributed by atoms with van der Waals surface area (Å²) in [5.74, 6) is 3.71. The number of amides is 2. The van der Waals surface area contributed by atoms with E-state index in [9.17, 15) is 9.59 Å². The van der Waals surface area contributed by atoms with Gasteiger partial charge in [0.25, 0.3) is 0 Å². The normalized spacial score (nSPS) is 34.4. The van der Waals surface area contributed by atoms with E-state index in [1.54, 1.807) is 0 Å². The van der Waals surface area contributed by atoms with Gasteiger partial charge in [-0.3, -0.25) is 14.5 Å². The zero-order chi connectivity index (χ0) is 24.0. The van der Waals surface area contributed by atoms with Crippen molar-refractivity contribution in [1.82, 2.24) is 14.7 Å². The van der Waals surface area contributed by atoms with Crippen LogP contribution in [0, 0.1) is 23.2 Å². The van der Waals surface area contributed by atoms with Crippen molar-refractivity contribution in [3.63, 3.8) is 0 Å². The predicted molar refractivity (Wildman–Crippen MR) is 135 cm³/mol. The molecule has 190 valence electrons. The Morgan fingerprint density at radius 3 is 2.14 bits per heavy atom. The molecule has 2 aliphatic heterocycles. The first kappa shape index (κ1) is 23.3. The Labute approximate surface area is 210 Å². The molecule has 1 unspecified atom stereocenters. The summed E-state index contributed by atoms with van der Waals surface area (Å²) in [4.78, 5) is 34.0. The van der Waals surface area contributed by atoms with Crippen molar-refractivity contribution in [2.75, 3.05) is 39.3 Å². The van der Waals surface area contributed by atoms with Crippen molar-refractivity contribution < 1.29 is 14.3 Å². The number of hydrogen-bond donors (Lipinski definition) is 0. The summed E-state index contributed by atoms with van der Waals surface area (Å²) >= 11 is 0. The van der Waals surface area contributed by atoms with E-state index in [4.69, 9.17) is 4.74 Å². The minimum Gasteiger partial charge on any atom is -0.494 e. The lowest BCUT2D eigenvalue weighted by atomic mass is 9.49. The molecule has 1 atom stereocenters. The Hall–Kier alpha value is -2.08. The van der Waals surface area contributed by atoms with Crippen LogP contribution >= 0.6 is 0 Å². The van der Waals surface area contributed by atoms with E-state index in [1.165, 1.54) is 24.8 Å². The molecule has 6 fully saturated rings. The molecule has 1 aromatic rings. The predicted octanol–water partition coefficient (Wildman–Crippen LogP) is 3.94. The zero-order valence-corrected chi connectivity index (χ0v) is 21.3. The molecule has 6 nitrogen and oxygen atoms in total. The monoisotopic (exact) mass is 479 g/mol. The van der Waals surface area contributed by atoms with Gasteiger partial charge in [-0.1, -0.05) is 12.1 Å². The van der Waals surface area contributed by atoms with Crippen LogP contribution in [-0.2, 0) is 16.1 Å². The molecule has 7 rings (SSSR count). The number of rotatable bonds is 6. The second-order valence-corrected chi connectivity index (χ2v) is 12.0. The molecule has 4 bridgehead atoms. The molecule has 2 saturated heterocycles. The first-order valence-electron chi connectivity index (χ1n) is 14.1. The van der Waals surface area contributed by atoms with Crippen molar-refractivity contribution in [2.24, 2.45) is 23.2 Å². The van der Waals surface area contributed by atoms with Crippen LogP contribution in [0.15, 0.2) is 24.3 Å². The van der Waals surface area contributed by atoms with Crippen LogP contribution in [0.4, 0.5) is 0 Å². The molecule has 6 heteroatoms. The molecule has 0 aromatic heterocycles. The maximum absolute atomic E-state index is 14.0. The number of hydrogen-bond acceptors (Lipinski definition) is 4. The Morgan fingerprint density at radius 2 is 1.54 bits per heavy atom. The summed E-state index contributed by atoms with van der Waals surface area (Å²) in [6.45, 7) is 7.63. The molecule has 6 aliphatic rings. The van der Waals surface area contributed by atoms with E-state index in [0.29, 0.717) is 12.5 Å². The fourth-order valence-corrected chi connectivity index (χ4v) is 8.40. The van der Waals surface area contributed by atoms with Gasteiger partial charge in [-0.15, -0.1) is 0 Å². The van der Waals surface area contributed by atoms with Gasteiger partial charge >= 0.3 is 0 Å². The van der Waals surface area contributed by atoms with Gasteiger partial charge in [-0.05, 0) is 93.7 Å². The maximum Gasteiger partial charge on any atom is 0.245 e. The number of piperazine rings is 1. The maximum atomic E-state index is 14.0. The zero-order valence-electron chi connectivity index (χ0n) is 21.3. The molecule has 2 amide bonds. The molecule has 1 aromatic carbocycles. The van der Waals surface area contributed by atoms with E-state index in [-0.39, 0.29) is 17.4 Å². The van der Waals surface area contributed by atoms with Gasteiger partial charge < -0.3 is 14.5 Å². The van der Waals surface area contributed by atoms with E-state index in [2.05, 4.69) is 17.0 Å². The Bertz CT molecular complexity index is 902. The summed E-state index contributed by atoms with van der Waals surface area (Å²) in [6.07, 6.45) is 9.08. The molecular weight excluding hydrogens is 438 g/mol. The molecule has 35 heavy (non-hydrogen) atoms. The van der Waals surface area contributed by atoms with Crippen LogP contribution in [0.25, 0.3) is 0 Å². The lowest BCUT2D eigenvalue weighted by Crippen LogP contribution is -2.58. The summed E-state index contributed by atoms with van der Waals surface area (Å²) < 4.78 is 5.55. The fourth-order valence-electron chi connectivity index (χ4n) is 8.40. The van der Waals surface area contributed by atoms with Crippen LogP contribution < -0.4 is 4.74 Å². The summed E-state index contributed by atoms with van der Waals surface area (Å²) in [6, 6.07) is 8.11. The number of carbonyl (C=O) groups is 2. The van der Waals surface area contributed by atoms with Crippen molar-refractivity contribution >= 4 is 11.8 Å². The largest absolute Gasteiger partial charge is 0.494 e.